The molecule has 0 saturated heterocycles. The molecule has 1 heterocycles. The highest BCUT2D eigenvalue weighted by Crippen LogP contribution is 2.17. The van der Waals surface area contributed by atoms with E-state index in [-0.39, 0.29) is 12.8 Å². The molecule has 4 nitrogen and oxygen atoms in total. The van der Waals surface area contributed by atoms with Gasteiger partial charge in [0.25, 0.3) is 0 Å². The summed E-state index contributed by atoms with van der Waals surface area (Å²) in [5, 5.41) is 9.24. The number of hydrogen-bond acceptors (Lipinski definition) is 3. The van der Waals surface area contributed by atoms with Crippen LogP contribution < -0.4 is 5.73 Å². The van der Waals surface area contributed by atoms with Gasteiger partial charge in [-0.2, -0.15) is 0 Å². The molecule has 0 amide bonds. The van der Waals surface area contributed by atoms with E-state index in [1.54, 1.807) is 0 Å². The summed E-state index contributed by atoms with van der Waals surface area (Å²) in [6.45, 7) is 5.98. The lowest BCUT2D eigenvalue weighted by Gasteiger charge is -2.16. The average molecular weight is 197 g/mol. The Morgan fingerprint density at radius 2 is 2.14 bits per heavy atom. The van der Waals surface area contributed by atoms with Crippen LogP contribution in [0.15, 0.2) is 0 Å². The molecule has 0 aliphatic rings. The van der Waals surface area contributed by atoms with E-state index in [9.17, 15) is 5.11 Å². The minimum absolute atomic E-state index is 0.00648. The summed E-state index contributed by atoms with van der Waals surface area (Å²) in [6, 6.07) is 0. The van der Waals surface area contributed by atoms with Gasteiger partial charge in [-0.15, -0.1) is 0 Å². The van der Waals surface area contributed by atoms with Gasteiger partial charge in [-0.25, -0.2) is 4.98 Å². The fourth-order valence-corrected chi connectivity index (χ4v) is 1.66. The molecule has 3 N–H and O–H groups in total. The first-order valence-corrected chi connectivity index (χ1v) is 5.08. The zero-order valence-electron chi connectivity index (χ0n) is 9.12. The summed E-state index contributed by atoms with van der Waals surface area (Å²) in [4.78, 5) is 4.39. The summed E-state index contributed by atoms with van der Waals surface area (Å²) in [7, 11) is 0. The number of rotatable bonds is 4. The monoisotopic (exact) mass is 197 g/mol. The van der Waals surface area contributed by atoms with Crippen LogP contribution in [0.5, 0.6) is 0 Å². The maximum atomic E-state index is 9.24. The molecule has 4 heteroatoms. The Morgan fingerprint density at radius 3 is 2.57 bits per heavy atom. The molecule has 0 spiro atoms. The van der Waals surface area contributed by atoms with E-state index >= 15 is 0 Å². The molecule has 0 aliphatic heterocycles. The number of aliphatic hydroxyl groups is 1. The number of aromatic nitrogens is 2. The van der Waals surface area contributed by atoms with Crippen molar-refractivity contribution >= 4 is 0 Å². The zero-order valence-corrected chi connectivity index (χ0v) is 9.12. The number of hydrogen-bond donors (Lipinski definition) is 2. The molecular formula is C10H19N3O. The van der Waals surface area contributed by atoms with Crippen molar-refractivity contribution in [2.75, 3.05) is 0 Å². The Kier molecular flexibility index (Phi) is 3.66. The van der Waals surface area contributed by atoms with Crippen molar-refractivity contribution in [3.8, 4) is 0 Å². The molecule has 1 rings (SSSR count). The molecule has 0 bridgehead atoms. The van der Waals surface area contributed by atoms with E-state index in [1.807, 2.05) is 25.3 Å². The largest absolute Gasteiger partial charge is 0.390 e. The van der Waals surface area contributed by atoms with Crippen molar-refractivity contribution in [2.45, 2.75) is 46.4 Å². The highest BCUT2D eigenvalue weighted by atomic mass is 16.3. The van der Waals surface area contributed by atoms with Crippen LogP contribution in [0.1, 0.15) is 43.6 Å². The van der Waals surface area contributed by atoms with Gasteiger partial charge in [0.15, 0.2) is 0 Å². The van der Waals surface area contributed by atoms with Gasteiger partial charge in [0.05, 0.1) is 24.2 Å². The van der Waals surface area contributed by atoms with E-state index in [0.29, 0.717) is 0 Å². The lowest BCUT2D eigenvalue weighted by Crippen LogP contribution is -2.22. The Morgan fingerprint density at radius 1 is 1.50 bits per heavy atom. The number of nitrogens with zero attached hydrogens (tertiary/aromatic N) is 2. The lowest BCUT2D eigenvalue weighted by atomic mass is 10.3. The summed E-state index contributed by atoms with van der Waals surface area (Å²) >= 11 is 0. The van der Waals surface area contributed by atoms with Crippen LogP contribution in [0, 0.1) is 6.92 Å². The standard InChI is InChI=1S/C10H19N3O/c1-4-9(11)13-8(6-14)7(3)12-10(13)5-2/h9,14H,4-6,11H2,1-3H3. The normalized spacial score (nSPS) is 13.2. The van der Waals surface area contributed by atoms with Crippen molar-refractivity contribution in [3.05, 3.63) is 17.2 Å². The third-order valence-electron chi connectivity index (χ3n) is 2.50. The predicted octanol–water partition coefficient (Wildman–Crippen LogP) is 1.11. The van der Waals surface area contributed by atoms with Crippen LogP contribution in [0.3, 0.4) is 0 Å². The Hall–Kier alpha value is -0.870. The summed E-state index contributed by atoms with van der Waals surface area (Å²) < 4.78 is 1.95. The van der Waals surface area contributed by atoms with Crippen LogP contribution in [-0.4, -0.2) is 14.7 Å². The van der Waals surface area contributed by atoms with Crippen LogP contribution >= 0.6 is 0 Å². The molecule has 0 aromatic carbocycles. The molecule has 1 aromatic rings. The van der Waals surface area contributed by atoms with E-state index in [4.69, 9.17) is 5.73 Å². The Bertz CT molecular complexity index is 307. The molecule has 1 atom stereocenters. The molecule has 14 heavy (non-hydrogen) atoms. The molecule has 0 saturated carbocycles. The number of aliphatic hydroxyl groups excluding tert-OH is 1. The summed E-state index contributed by atoms with van der Waals surface area (Å²) in [5.41, 5.74) is 7.70. The van der Waals surface area contributed by atoms with Gasteiger partial charge in [-0.1, -0.05) is 13.8 Å². The van der Waals surface area contributed by atoms with Gasteiger partial charge in [0, 0.05) is 6.42 Å². The van der Waals surface area contributed by atoms with Crippen LogP contribution in [0.2, 0.25) is 0 Å². The second-order valence-corrected chi connectivity index (χ2v) is 3.42. The minimum Gasteiger partial charge on any atom is -0.390 e. The second-order valence-electron chi connectivity index (χ2n) is 3.42. The van der Waals surface area contributed by atoms with Gasteiger partial charge in [-0.3, -0.25) is 0 Å². The molecule has 0 radical (unpaired) electrons. The first kappa shape index (κ1) is 11.2. The maximum Gasteiger partial charge on any atom is 0.110 e. The summed E-state index contributed by atoms with van der Waals surface area (Å²) in [6.07, 6.45) is 1.61. The highest BCUT2D eigenvalue weighted by Gasteiger charge is 2.15. The topological polar surface area (TPSA) is 64.1 Å². The highest BCUT2D eigenvalue weighted by molar-refractivity contribution is 5.16. The van der Waals surface area contributed by atoms with Crippen LogP contribution in [0.4, 0.5) is 0 Å². The number of imidazole rings is 1. The zero-order chi connectivity index (χ0) is 10.7. The van der Waals surface area contributed by atoms with E-state index in [0.717, 1.165) is 30.1 Å². The Balaban J connectivity index is 3.20. The second kappa shape index (κ2) is 4.57. The Labute approximate surface area is 84.8 Å². The first-order chi connectivity index (χ1) is 6.65. The van der Waals surface area contributed by atoms with Gasteiger partial charge < -0.3 is 15.4 Å². The summed E-state index contributed by atoms with van der Waals surface area (Å²) in [5.74, 6) is 0.959. The predicted molar refractivity (Wildman–Crippen MR) is 55.8 cm³/mol. The van der Waals surface area contributed by atoms with Gasteiger partial charge >= 0.3 is 0 Å². The lowest BCUT2D eigenvalue weighted by molar-refractivity contribution is 0.263. The molecule has 0 fully saturated rings. The van der Waals surface area contributed by atoms with Crippen molar-refractivity contribution in [1.82, 2.24) is 9.55 Å². The van der Waals surface area contributed by atoms with Crippen molar-refractivity contribution in [2.24, 2.45) is 5.73 Å². The third kappa shape index (κ3) is 1.81. The van der Waals surface area contributed by atoms with Gasteiger partial charge in [-0.05, 0) is 13.3 Å². The first-order valence-electron chi connectivity index (χ1n) is 5.08. The quantitative estimate of drug-likeness (QED) is 0.760. The van der Waals surface area contributed by atoms with Crippen LogP contribution in [0.25, 0.3) is 0 Å². The van der Waals surface area contributed by atoms with E-state index in [2.05, 4.69) is 4.98 Å². The molecule has 80 valence electrons. The van der Waals surface area contributed by atoms with E-state index < -0.39 is 0 Å². The van der Waals surface area contributed by atoms with Crippen LogP contribution in [-0.2, 0) is 13.0 Å². The minimum atomic E-state index is -0.0756. The van der Waals surface area contributed by atoms with Crippen molar-refractivity contribution in [1.29, 1.82) is 0 Å². The SMILES string of the molecule is CCc1nc(C)c(CO)n1C(N)CC. The van der Waals surface area contributed by atoms with Crippen molar-refractivity contribution < 1.29 is 5.11 Å². The van der Waals surface area contributed by atoms with Gasteiger partial charge in [0.2, 0.25) is 0 Å². The molecule has 1 unspecified atom stereocenters. The van der Waals surface area contributed by atoms with Crippen molar-refractivity contribution in [3.63, 3.8) is 0 Å². The molecule has 1 aromatic heterocycles. The third-order valence-corrected chi connectivity index (χ3v) is 2.50. The molecular weight excluding hydrogens is 178 g/mol. The maximum absolute atomic E-state index is 9.24. The van der Waals surface area contributed by atoms with Gasteiger partial charge in [0.1, 0.15) is 5.82 Å². The molecule has 0 aliphatic carbocycles. The fourth-order valence-electron chi connectivity index (χ4n) is 1.66. The average Bonchev–Trinajstić information content (AvgIpc) is 2.53. The number of aryl methyl sites for hydroxylation is 2. The smallest absolute Gasteiger partial charge is 0.110 e. The number of nitrogens with two attached hydrogens (primary N) is 1. The fraction of sp³-hybridized carbons (Fsp3) is 0.700. The van der Waals surface area contributed by atoms with E-state index in [1.165, 1.54) is 0 Å².